The van der Waals surface area contributed by atoms with Crippen molar-refractivity contribution >= 4 is 139 Å². The molecule has 80 heavy (non-hydrogen) atoms. The largest absolute Gasteiger partial charge is 0.351 e. The van der Waals surface area contributed by atoms with Crippen molar-refractivity contribution in [3.63, 3.8) is 0 Å². The third-order valence-electron chi connectivity index (χ3n) is 14.5. The number of aromatic amines is 2. The van der Waals surface area contributed by atoms with Crippen LogP contribution in [0.15, 0.2) is 107 Å². The molecular formula is C53H52Cl2N12O11S2. The lowest BCUT2D eigenvalue weighted by molar-refractivity contribution is -0.383. The Kier molecular flexibility index (Phi) is 14.6. The number of sulfonamides is 2. The van der Waals surface area contributed by atoms with Crippen molar-refractivity contribution in [3.05, 3.63) is 140 Å². The molecule has 4 N–H and O–H groups in total. The summed E-state index contributed by atoms with van der Waals surface area (Å²) in [5.41, 5.74) is 3.11. The van der Waals surface area contributed by atoms with Gasteiger partial charge in [-0.1, -0.05) is 12.1 Å². The molecule has 10 rings (SSSR count). The number of rotatable bonds is 16. The normalized spacial score (nSPS) is 15.6. The van der Waals surface area contributed by atoms with Gasteiger partial charge in [0.2, 0.25) is 0 Å². The van der Waals surface area contributed by atoms with E-state index < -0.39 is 59.6 Å². The molecule has 4 heterocycles. The molecule has 2 atom stereocenters. The first kappa shape index (κ1) is 55.6. The van der Waals surface area contributed by atoms with Crippen LogP contribution in [0.1, 0.15) is 57.8 Å². The van der Waals surface area contributed by atoms with Crippen LogP contribution in [0.3, 0.4) is 0 Å². The van der Waals surface area contributed by atoms with Gasteiger partial charge in [-0.15, -0.1) is 32.0 Å². The zero-order valence-corrected chi connectivity index (χ0v) is 46.9. The van der Waals surface area contributed by atoms with E-state index in [9.17, 15) is 51.4 Å². The Morgan fingerprint density at radius 2 is 0.975 bits per heavy atom. The number of carbonyl (C=O) groups is 3. The molecule has 23 nitrogen and oxygen atoms in total. The number of benzene rings is 6. The fourth-order valence-electron chi connectivity index (χ4n) is 11.0. The van der Waals surface area contributed by atoms with Crippen molar-refractivity contribution in [2.24, 2.45) is 0 Å². The quantitative estimate of drug-likeness (QED) is 0.0399. The number of nitro groups is 2. The molecule has 0 aliphatic carbocycles. The molecule has 27 heteroatoms. The Bertz CT molecular complexity index is 3910. The van der Waals surface area contributed by atoms with Gasteiger partial charge in [-0.05, 0) is 109 Å². The molecule has 0 radical (unpaired) electrons. The molecule has 6 aromatic carbocycles. The van der Waals surface area contributed by atoms with Crippen molar-refractivity contribution in [1.29, 1.82) is 0 Å². The highest BCUT2D eigenvalue weighted by atomic mass is 35.5. The number of nitrogens with one attached hydrogen (secondary N) is 4. The number of hydrogen-bond donors (Lipinski definition) is 4. The van der Waals surface area contributed by atoms with Crippen LogP contribution < -0.4 is 20.4 Å². The monoisotopic (exact) mass is 1170 g/mol. The molecular weight excluding hydrogens is 1120 g/mol. The van der Waals surface area contributed by atoms with Crippen LogP contribution in [0.4, 0.5) is 38.9 Å². The number of fused-ring (bicyclic) bond motifs is 8. The number of aromatic nitrogens is 2. The molecule has 2 aliphatic heterocycles. The van der Waals surface area contributed by atoms with Crippen LogP contribution >= 0.6 is 23.2 Å². The summed E-state index contributed by atoms with van der Waals surface area (Å²) in [4.78, 5) is 74.9. The summed E-state index contributed by atoms with van der Waals surface area (Å²) in [6.45, 7) is 3.79. The van der Waals surface area contributed by atoms with Gasteiger partial charge in [-0.3, -0.25) is 29.8 Å². The van der Waals surface area contributed by atoms with E-state index in [1.54, 1.807) is 90.6 Å². The van der Waals surface area contributed by atoms with Crippen LogP contribution in [0.5, 0.6) is 0 Å². The summed E-state index contributed by atoms with van der Waals surface area (Å²) in [5, 5.41) is 35.7. The molecule has 0 fully saturated rings. The predicted octanol–water partition coefficient (Wildman–Crippen LogP) is 9.36. The number of halogens is 2. The SMILES string of the molecule is CCN(N(C)C)S(=O)(=O)c1ccc2c3c(cc([N+](=O)[O-])c2c1)N(C(=O)c1cc2cc(NC(=O)Nc4ccc5[nH]c(C(=O)N6CC(CCl)c7c6cc([N+](=O)[O-])c6cc(S(=O)(=O)N(CC)N(C)C)ccc76)cc5c4)ccc2[nH]1)CC3CCl. The Hall–Kier alpha value is -7.75. The number of carbonyl (C=O) groups excluding carboxylic acids is 3. The van der Waals surface area contributed by atoms with Crippen molar-refractivity contribution in [1.82, 2.24) is 28.8 Å². The molecule has 416 valence electrons. The lowest BCUT2D eigenvalue weighted by Gasteiger charge is -2.26. The molecule has 0 bridgehead atoms. The van der Waals surface area contributed by atoms with Gasteiger partial charge in [0.15, 0.2) is 0 Å². The molecule has 2 aliphatic rings. The van der Waals surface area contributed by atoms with Gasteiger partial charge < -0.3 is 30.4 Å². The van der Waals surface area contributed by atoms with Crippen molar-refractivity contribution in [2.75, 3.05) is 86.6 Å². The van der Waals surface area contributed by atoms with Gasteiger partial charge in [0.05, 0.1) is 41.8 Å². The molecule has 2 unspecified atom stereocenters. The molecule has 4 amide bonds. The second-order valence-corrected chi connectivity index (χ2v) is 24.0. The van der Waals surface area contributed by atoms with Crippen LogP contribution in [0, 0.1) is 20.2 Å². The minimum atomic E-state index is -4.07. The molecule has 0 saturated carbocycles. The summed E-state index contributed by atoms with van der Waals surface area (Å²) < 4.78 is 56.7. The predicted molar refractivity (Wildman–Crippen MR) is 307 cm³/mol. The maximum absolute atomic E-state index is 14.3. The third-order valence-corrected chi connectivity index (χ3v) is 19.2. The van der Waals surface area contributed by atoms with Crippen LogP contribution in [-0.2, 0) is 20.0 Å². The summed E-state index contributed by atoms with van der Waals surface area (Å²) in [5.74, 6) is -1.76. The Morgan fingerprint density at radius 1 is 0.588 bits per heavy atom. The second-order valence-electron chi connectivity index (χ2n) is 19.7. The Labute approximate surface area is 467 Å². The van der Waals surface area contributed by atoms with E-state index in [4.69, 9.17) is 23.2 Å². The zero-order chi connectivity index (χ0) is 57.4. The standard InChI is InChI=1S/C53H52Cl2N12O11S2/c1-7-64(60(3)4)79(75,76)35-11-13-37-39(21-35)45(66(71)72)23-47-49(37)31(25-54)27-62(47)51(68)43-19-29-17-33(9-15-41(29)58-43)56-53(70)57-34-10-16-42-30(18-34)20-44(59-42)52(69)63-28-32(26-55)50-38-14-12-36(80(77,78)65(8-2)61(5)6)22-40(38)46(67(73)74)24-48(50)63/h9-24,31-32,58-59H,7-8,25-28H2,1-6H3,(H2,56,57,70). The van der Waals surface area contributed by atoms with E-state index in [1.807, 2.05) is 0 Å². The molecule has 8 aromatic rings. The third kappa shape index (κ3) is 9.51. The zero-order valence-electron chi connectivity index (χ0n) is 43.8. The molecule has 2 aromatic heterocycles. The summed E-state index contributed by atoms with van der Waals surface area (Å²) in [7, 11) is -1.82. The fourth-order valence-corrected chi connectivity index (χ4v) is 14.5. The smallest absolute Gasteiger partial charge is 0.323 e. The van der Waals surface area contributed by atoms with Gasteiger partial charge in [-0.25, -0.2) is 31.6 Å². The first-order chi connectivity index (χ1) is 38.0. The number of alkyl halides is 2. The first-order valence-electron chi connectivity index (χ1n) is 25.0. The van der Waals surface area contributed by atoms with Crippen molar-refractivity contribution in [2.45, 2.75) is 35.5 Å². The Balaban J connectivity index is 0.861. The van der Waals surface area contributed by atoms with E-state index in [1.165, 1.54) is 68.3 Å². The summed E-state index contributed by atoms with van der Waals surface area (Å²) in [6, 6.07) is 23.5. The number of anilines is 4. The second kappa shape index (κ2) is 21.0. The van der Waals surface area contributed by atoms with Crippen LogP contribution in [-0.4, -0.2) is 139 Å². The summed E-state index contributed by atoms with van der Waals surface area (Å²) in [6.07, 6.45) is 0. The number of non-ortho nitro benzene ring substituents is 2. The lowest BCUT2D eigenvalue weighted by atomic mass is 9.95. The van der Waals surface area contributed by atoms with Gasteiger partial charge in [0.25, 0.3) is 43.2 Å². The van der Waals surface area contributed by atoms with Gasteiger partial charge in [0, 0.05) is 123 Å². The maximum atomic E-state index is 14.3. The number of nitrogens with zero attached hydrogens (tertiary/aromatic N) is 8. The number of hydrazine groups is 2. The highest BCUT2D eigenvalue weighted by Crippen LogP contribution is 2.48. The molecule has 0 saturated heterocycles. The average molecular weight is 1170 g/mol. The van der Waals surface area contributed by atoms with Crippen LogP contribution in [0.2, 0.25) is 0 Å². The van der Waals surface area contributed by atoms with E-state index in [0.29, 0.717) is 55.1 Å². The van der Waals surface area contributed by atoms with Gasteiger partial charge in [0.1, 0.15) is 11.4 Å². The highest BCUT2D eigenvalue weighted by Gasteiger charge is 2.40. The number of urea groups is 1. The maximum Gasteiger partial charge on any atom is 0.323 e. The summed E-state index contributed by atoms with van der Waals surface area (Å²) >= 11 is 13.0. The highest BCUT2D eigenvalue weighted by molar-refractivity contribution is 7.89. The fraction of sp³-hybridized carbons (Fsp3) is 0.264. The van der Waals surface area contributed by atoms with E-state index in [2.05, 4.69) is 20.6 Å². The first-order valence-corrected chi connectivity index (χ1v) is 28.9. The van der Waals surface area contributed by atoms with E-state index in [0.717, 1.165) is 8.83 Å². The average Bonchev–Trinajstić information content (AvgIpc) is 4.40. The van der Waals surface area contributed by atoms with Crippen molar-refractivity contribution < 1.29 is 41.1 Å². The van der Waals surface area contributed by atoms with Gasteiger partial charge >= 0.3 is 6.03 Å². The van der Waals surface area contributed by atoms with Gasteiger partial charge in [-0.2, -0.15) is 0 Å². The number of amides is 4. The van der Waals surface area contributed by atoms with Crippen LogP contribution in [0.25, 0.3) is 43.4 Å². The van der Waals surface area contributed by atoms with Crippen molar-refractivity contribution in [3.8, 4) is 0 Å². The number of hydrogen-bond acceptors (Lipinski definition) is 13. The molecule has 0 spiro atoms. The minimum Gasteiger partial charge on any atom is -0.351 e. The number of nitro benzene ring substituents is 2. The Morgan fingerprint density at radius 3 is 1.31 bits per heavy atom. The van der Waals surface area contributed by atoms with E-state index >= 15 is 0 Å². The van der Waals surface area contributed by atoms with E-state index in [-0.39, 0.29) is 92.6 Å². The topological polar surface area (TPSA) is 281 Å². The number of H-pyrrole nitrogens is 2. The lowest BCUT2D eigenvalue weighted by Crippen LogP contribution is -2.41. The minimum absolute atomic E-state index is 0.0632.